The number of nitro groups is 1. The Morgan fingerprint density at radius 2 is 1.80 bits per heavy atom. The molecule has 0 heterocycles. The number of carbonyl (C=O) groups excluding carboxylic acids is 2. The number of hydrogen-bond acceptors (Lipinski definition) is 6. The van der Waals surface area contributed by atoms with Crippen molar-refractivity contribution in [3.63, 3.8) is 0 Å². The van der Waals surface area contributed by atoms with Gasteiger partial charge in [0.15, 0.2) is 12.4 Å². The Hall–Kier alpha value is -3.29. The SMILES string of the molecule is CN(C)c1ccc([N+](=O)[O-])cc1C(=O)OCC(=O)c1ccc(F)cc1. The molecule has 0 unspecified atom stereocenters. The number of esters is 1. The van der Waals surface area contributed by atoms with Crippen LogP contribution in [0.2, 0.25) is 0 Å². The number of nitro benzene ring substituents is 1. The average Bonchev–Trinajstić information content (AvgIpc) is 2.59. The summed E-state index contributed by atoms with van der Waals surface area (Å²) >= 11 is 0. The highest BCUT2D eigenvalue weighted by molar-refractivity contribution is 6.01. The van der Waals surface area contributed by atoms with Gasteiger partial charge in [-0.05, 0) is 30.3 Å². The maximum Gasteiger partial charge on any atom is 0.340 e. The van der Waals surface area contributed by atoms with Crippen molar-refractivity contribution >= 4 is 23.1 Å². The lowest BCUT2D eigenvalue weighted by Crippen LogP contribution is -2.18. The van der Waals surface area contributed by atoms with Crippen molar-refractivity contribution in [3.05, 3.63) is 69.5 Å². The van der Waals surface area contributed by atoms with Gasteiger partial charge in [0, 0.05) is 31.8 Å². The van der Waals surface area contributed by atoms with Crippen LogP contribution in [0.25, 0.3) is 0 Å². The highest BCUT2D eigenvalue weighted by atomic mass is 19.1. The Labute approximate surface area is 142 Å². The minimum absolute atomic E-state index is 0.0221. The van der Waals surface area contributed by atoms with Gasteiger partial charge in [-0.25, -0.2) is 9.18 Å². The molecule has 0 atom stereocenters. The zero-order valence-electron chi connectivity index (χ0n) is 13.6. The van der Waals surface area contributed by atoms with Crippen LogP contribution < -0.4 is 4.90 Å². The smallest absolute Gasteiger partial charge is 0.340 e. The molecule has 2 rings (SSSR count). The van der Waals surface area contributed by atoms with E-state index in [0.29, 0.717) is 5.69 Å². The first-order valence-electron chi connectivity index (χ1n) is 7.21. The molecule has 0 aliphatic carbocycles. The van der Waals surface area contributed by atoms with Crippen molar-refractivity contribution < 1.29 is 23.6 Å². The molecule has 7 nitrogen and oxygen atoms in total. The summed E-state index contributed by atoms with van der Waals surface area (Å²) in [6, 6.07) is 8.61. The van der Waals surface area contributed by atoms with Crippen LogP contribution in [-0.2, 0) is 4.74 Å². The minimum atomic E-state index is -0.858. The van der Waals surface area contributed by atoms with Gasteiger partial charge < -0.3 is 9.64 Å². The molecule has 8 heteroatoms. The van der Waals surface area contributed by atoms with Gasteiger partial charge in [-0.2, -0.15) is 0 Å². The number of anilines is 1. The normalized spacial score (nSPS) is 10.2. The maximum absolute atomic E-state index is 12.9. The third kappa shape index (κ3) is 4.37. The van der Waals surface area contributed by atoms with Crippen LogP contribution in [0, 0.1) is 15.9 Å². The fraction of sp³-hybridized carbons (Fsp3) is 0.176. The molecule has 0 aliphatic rings. The average molecular weight is 346 g/mol. The van der Waals surface area contributed by atoms with E-state index in [2.05, 4.69) is 0 Å². The molecule has 0 amide bonds. The standard InChI is InChI=1S/C17H15FN2O5/c1-19(2)15-8-7-13(20(23)24)9-14(15)17(22)25-10-16(21)11-3-5-12(18)6-4-11/h3-9H,10H2,1-2H3. The van der Waals surface area contributed by atoms with Crippen molar-refractivity contribution in [3.8, 4) is 0 Å². The lowest BCUT2D eigenvalue weighted by Gasteiger charge is -2.16. The molecule has 130 valence electrons. The van der Waals surface area contributed by atoms with E-state index in [1.54, 1.807) is 19.0 Å². The first-order chi connectivity index (χ1) is 11.8. The van der Waals surface area contributed by atoms with Crippen molar-refractivity contribution in [2.45, 2.75) is 0 Å². The quantitative estimate of drug-likeness (QED) is 0.346. The van der Waals surface area contributed by atoms with Gasteiger partial charge >= 0.3 is 5.97 Å². The molecule has 0 saturated heterocycles. The number of nitrogens with zero attached hydrogens (tertiary/aromatic N) is 2. The summed E-state index contributed by atoms with van der Waals surface area (Å²) in [4.78, 5) is 36.1. The van der Waals surface area contributed by atoms with Gasteiger partial charge in [-0.3, -0.25) is 14.9 Å². The molecule has 0 bridgehead atoms. The zero-order chi connectivity index (χ0) is 18.6. The van der Waals surface area contributed by atoms with Crippen molar-refractivity contribution in [1.29, 1.82) is 0 Å². The minimum Gasteiger partial charge on any atom is -0.454 e. The van der Waals surface area contributed by atoms with Crippen molar-refractivity contribution in [2.24, 2.45) is 0 Å². The summed E-state index contributed by atoms with van der Waals surface area (Å²) in [6.07, 6.45) is 0. The van der Waals surface area contributed by atoms with E-state index in [-0.39, 0.29) is 16.8 Å². The number of hydrogen-bond donors (Lipinski definition) is 0. The molecule has 0 aromatic heterocycles. The topological polar surface area (TPSA) is 89.8 Å². The van der Waals surface area contributed by atoms with Gasteiger partial charge in [-0.15, -0.1) is 0 Å². The molecule has 0 spiro atoms. The number of carbonyl (C=O) groups is 2. The second kappa shape index (κ2) is 7.52. The second-order valence-electron chi connectivity index (χ2n) is 5.36. The van der Waals surface area contributed by atoms with E-state index in [0.717, 1.165) is 18.2 Å². The summed E-state index contributed by atoms with van der Waals surface area (Å²) in [7, 11) is 3.34. The maximum atomic E-state index is 12.9. The zero-order valence-corrected chi connectivity index (χ0v) is 13.6. The van der Waals surface area contributed by atoms with E-state index in [1.165, 1.54) is 24.3 Å². The molecular formula is C17H15FN2O5. The summed E-state index contributed by atoms with van der Waals surface area (Å²) in [5.74, 6) is -1.85. The molecule has 0 saturated carbocycles. The Balaban J connectivity index is 2.16. The predicted molar refractivity (Wildman–Crippen MR) is 88.4 cm³/mol. The molecule has 0 fully saturated rings. The fourth-order valence-corrected chi connectivity index (χ4v) is 2.12. The Bertz CT molecular complexity index is 818. The van der Waals surface area contributed by atoms with E-state index in [4.69, 9.17) is 4.74 Å². The van der Waals surface area contributed by atoms with E-state index < -0.39 is 29.1 Å². The van der Waals surface area contributed by atoms with Gasteiger partial charge in [-0.1, -0.05) is 0 Å². The second-order valence-corrected chi connectivity index (χ2v) is 5.36. The molecule has 0 aliphatic heterocycles. The van der Waals surface area contributed by atoms with Crippen LogP contribution in [0.3, 0.4) is 0 Å². The Morgan fingerprint density at radius 3 is 2.36 bits per heavy atom. The number of Topliss-reactive ketones (excluding diaryl/α,β-unsaturated/α-hetero) is 1. The largest absolute Gasteiger partial charge is 0.454 e. The molecule has 2 aromatic carbocycles. The highest BCUT2D eigenvalue weighted by Crippen LogP contribution is 2.25. The van der Waals surface area contributed by atoms with Crippen LogP contribution in [-0.4, -0.2) is 37.4 Å². The Morgan fingerprint density at radius 1 is 1.16 bits per heavy atom. The van der Waals surface area contributed by atoms with Crippen molar-refractivity contribution in [2.75, 3.05) is 25.6 Å². The third-order valence-corrected chi connectivity index (χ3v) is 3.39. The van der Waals surface area contributed by atoms with Crippen LogP contribution in [0.15, 0.2) is 42.5 Å². The number of ether oxygens (including phenoxy) is 1. The summed E-state index contributed by atoms with van der Waals surface area (Å²) in [5.41, 5.74) is 0.333. The number of halogens is 1. The number of benzene rings is 2. The van der Waals surface area contributed by atoms with Crippen LogP contribution >= 0.6 is 0 Å². The Kier molecular flexibility index (Phi) is 5.43. The number of non-ortho nitro benzene ring substituents is 1. The fourth-order valence-electron chi connectivity index (χ4n) is 2.12. The van der Waals surface area contributed by atoms with Gasteiger partial charge in [0.25, 0.3) is 5.69 Å². The summed E-state index contributed by atoms with van der Waals surface area (Å²) < 4.78 is 17.8. The molecular weight excluding hydrogens is 331 g/mol. The molecule has 0 N–H and O–H groups in total. The monoisotopic (exact) mass is 346 g/mol. The van der Waals surface area contributed by atoms with E-state index in [9.17, 15) is 24.1 Å². The molecule has 2 aromatic rings. The number of ketones is 1. The number of rotatable bonds is 6. The van der Waals surface area contributed by atoms with Crippen LogP contribution in [0.4, 0.5) is 15.8 Å². The van der Waals surface area contributed by atoms with Gasteiger partial charge in [0.2, 0.25) is 0 Å². The molecule has 0 radical (unpaired) electrons. The summed E-state index contributed by atoms with van der Waals surface area (Å²) in [5, 5.41) is 10.9. The van der Waals surface area contributed by atoms with E-state index in [1.807, 2.05) is 0 Å². The van der Waals surface area contributed by atoms with Gasteiger partial charge in [0.05, 0.1) is 16.2 Å². The summed E-state index contributed by atoms with van der Waals surface area (Å²) in [6.45, 7) is -0.556. The first-order valence-corrected chi connectivity index (χ1v) is 7.21. The predicted octanol–water partition coefficient (Wildman–Crippen LogP) is 2.84. The van der Waals surface area contributed by atoms with E-state index >= 15 is 0 Å². The van der Waals surface area contributed by atoms with Crippen molar-refractivity contribution in [1.82, 2.24) is 0 Å². The molecule has 25 heavy (non-hydrogen) atoms. The lowest BCUT2D eigenvalue weighted by molar-refractivity contribution is -0.384. The highest BCUT2D eigenvalue weighted by Gasteiger charge is 2.20. The van der Waals surface area contributed by atoms with Crippen LogP contribution in [0.5, 0.6) is 0 Å². The van der Waals surface area contributed by atoms with Gasteiger partial charge in [0.1, 0.15) is 5.82 Å². The first kappa shape index (κ1) is 18.1. The van der Waals surface area contributed by atoms with Crippen LogP contribution in [0.1, 0.15) is 20.7 Å². The third-order valence-electron chi connectivity index (χ3n) is 3.39. The lowest BCUT2D eigenvalue weighted by atomic mass is 10.1.